The molecule has 0 radical (unpaired) electrons. The van der Waals surface area contributed by atoms with Crippen molar-refractivity contribution in [2.45, 2.75) is 51.6 Å². The fourth-order valence-corrected chi connectivity index (χ4v) is 2.21. The zero-order chi connectivity index (χ0) is 17.3. The van der Waals surface area contributed by atoms with Crippen LogP contribution in [0.3, 0.4) is 0 Å². The van der Waals surface area contributed by atoms with Crippen molar-refractivity contribution < 1.29 is 18.3 Å². The van der Waals surface area contributed by atoms with Gasteiger partial charge in [-0.2, -0.15) is 0 Å². The Bertz CT molecular complexity index is 687. The molecule has 1 aliphatic carbocycles. The number of aromatic nitrogens is 1. The highest BCUT2D eigenvalue weighted by atomic mass is 19.3. The number of anilines is 1. The van der Waals surface area contributed by atoms with Gasteiger partial charge in [0, 0.05) is 30.8 Å². The molecule has 1 amide bonds. The summed E-state index contributed by atoms with van der Waals surface area (Å²) in [5.74, 6) is -2.72. The number of hydrogen-bond acceptors (Lipinski definition) is 3. The van der Waals surface area contributed by atoms with Gasteiger partial charge in [0.05, 0.1) is 5.69 Å². The molecule has 1 aromatic heterocycles. The van der Waals surface area contributed by atoms with E-state index in [0.717, 1.165) is 0 Å². The Balaban J connectivity index is 2.19. The first kappa shape index (κ1) is 17.2. The summed E-state index contributed by atoms with van der Waals surface area (Å²) in [6.45, 7) is 5.21. The molecule has 0 aromatic carbocycles. The first-order valence-electron chi connectivity index (χ1n) is 7.36. The lowest BCUT2D eigenvalue weighted by atomic mass is 10.0. The van der Waals surface area contributed by atoms with Gasteiger partial charge in [-0.25, -0.2) is 13.6 Å². The first-order chi connectivity index (χ1) is 10.6. The molecule has 2 rings (SSSR count). The van der Waals surface area contributed by atoms with Crippen LogP contribution < -0.4 is 10.9 Å². The molecule has 5 nitrogen and oxygen atoms in total. The highest BCUT2D eigenvalue weighted by Gasteiger charge is 2.31. The summed E-state index contributed by atoms with van der Waals surface area (Å²) < 4.78 is 32.8. The normalized spacial score (nSPS) is 17.3. The Morgan fingerprint density at radius 3 is 2.61 bits per heavy atom. The Hall–Kier alpha value is -2.18. The highest BCUT2D eigenvalue weighted by molar-refractivity contribution is 5.84. The lowest BCUT2D eigenvalue weighted by molar-refractivity contribution is -0.00662. The maximum atomic E-state index is 13.2. The van der Waals surface area contributed by atoms with E-state index in [4.69, 9.17) is 4.74 Å². The van der Waals surface area contributed by atoms with Crippen LogP contribution in [0.4, 0.5) is 19.3 Å². The van der Waals surface area contributed by atoms with Gasteiger partial charge in [0.2, 0.25) is 0 Å². The van der Waals surface area contributed by atoms with Gasteiger partial charge in [0.1, 0.15) is 5.60 Å². The number of nitrogens with zero attached hydrogens (tertiary/aromatic N) is 1. The van der Waals surface area contributed by atoms with Crippen molar-refractivity contribution in [2.24, 2.45) is 0 Å². The van der Waals surface area contributed by atoms with Gasteiger partial charge in [-0.05, 0) is 33.3 Å². The summed E-state index contributed by atoms with van der Waals surface area (Å²) in [7, 11) is 0. The maximum Gasteiger partial charge on any atom is 0.412 e. The highest BCUT2D eigenvalue weighted by Crippen LogP contribution is 2.33. The van der Waals surface area contributed by atoms with E-state index in [1.807, 2.05) is 0 Å². The zero-order valence-electron chi connectivity index (χ0n) is 13.4. The van der Waals surface area contributed by atoms with Crippen LogP contribution in [-0.4, -0.2) is 22.2 Å². The molecule has 0 saturated carbocycles. The number of carbonyl (C=O) groups is 1. The molecule has 7 heteroatoms. The first-order valence-corrected chi connectivity index (χ1v) is 7.36. The van der Waals surface area contributed by atoms with E-state index in [-0.39, 0.29) is 18.4 Å². The van der Waals surface area contributed by atoms with Crippen molar-refractivity contribution in [2.75, 3.05) is 5.32 Å². The molecule has 0 bridgehead atoms. The number of rotatable bonds is 2. The van der Waals surface area contributed by atoms with E-state index in [1.54, 1.807) is 20.8 Å². The van der Waals surface area contributed by atoms with Gasteiger partial charge in [0.25, 0.3) is 11.5 Å². The van der Waals surface area contributed by atoms with Crippen molar-refractivity contribution in [1.82, 2.24) is 4.57 Å². The van der Waals surface area contributed by atoms with Crippen molar-refractivity contribution in [3.8, 4) is 0 Å². The van der Waals surface area contributed by atoms with Crippen LogP contribution in [0.1, 0.15) is 40.0 Å². The third-order valence-corrected chi connectivity index (χ3v) is 3.25. The van der Waals surface area contributed by atoms with Crippen LogP contribution >= 0.6 is 0 Å². The minimum atomic E-state index is -2.72. The predicted octanol–water partition coefficient (Wildman–Crippen LogP) is 3.86. The largest absolute Gasteiger partial charge is 0.444 e. The number of ether oxygens (including phenoxy) is 1. The second-order valence-electron chi connectivity index (χ2n) is 6.51. The lowest BCUT2D eigenvalue weighted by Gasteiger charge is -2.23. The third kappa shape index (κ3) is 4.91. The van der Waals surface area contributed by atoms with Gasteiger partial charge in [0.15, 0.2) is 0 Å². The summed E-state index contributed by atoms with van der Waals surface area (Å²) in [4.78, 5) is 23.7. The molecular formula is C16H20F2N2O3. The molecular weight excluding hydrogens is 306 g/mol. The van der Waals surface area contributed by atoms with Gasteiger partial charge < -0.3 is 4.74 Å². The summed E-state index contributed by atoms with van der Waals surface area (Å²) in [6.07, 6.45) is 1.55. The lowest BCUT2D eigenvalue weighted by Crippen LogP contribution is -2.28. The molecule has 1 aromatic rings. The molecule has 0 unspecified atom stereocenters. The smallest absolute Gasteiger partial charge is 0.412 e. The van der Waals surface area contributed by atoms with E-state index in [0.29, 0.717) is 11.4 Å². The molecule has 0 aliphatic heterocycles. The Labute approximate surface area is 132 Å². The second kappa shape index (κ2) is 6.14. The number of nitrogens with one attached hydrogen (secondary N) is 1. The van der Waals surface area contributed by atoms with Crippen LogP contribution in [-0.2, 0) is 4.74 Å². The van der Waals surface area contributed by atoms with Crippen LogP contribution in [0.5, 0.6) is 0 Å². The van der Waals surface area contributed by atoms with E-state index in [1.165, 1.54) is 29.0 Å². The number of amides is 1. The van der Waals surface area contributed by atoms with Gasteiger partial charge in [-0.15, -0.1) is 0 Å². The molecule has 0 atom stereocenters. The average molecular weight is 326 g/mol. The topological polar surface area (TPSA) is 60.3 Å². The van der Waals surface area contributed by atoms with Crippen LogP contribution in [0.25, 0.3) is 5.70 Å². The number of pyridine rings is 1. The zero-order valence-corrected chi connectivity index (χ0v) is 13.4. The summed E-state index contributed by atoms with van der Waals surface area (Å²) in [5, 5.41) is 2.53. The molecule has 1 N–H and O–H groups in total. The standard InChI is InChI=1S/C16H20F2N2O3/c1-15(2,3)23-14(22)19-11-4-5-13(21)20(10-11)12-6-8-16(17,18)9-7-12/h4-6,10H,7-9H2,1-3H3,(H,19,22). The van der Waals surface area contributed by atoms with E-state index >= 15 is 0 Å². The molecule has 0 fully saturated rings. The molecule has 126 valence electrons. The summed E-state index contributed by atoms with van der Waals surface area (Å²) >= 11 is 0. The van der Waals surface area contributed by atoms with Crippen LogP contribution in [0.15, 0.2) is 29.2 Å². The Morgan fingerprint density at radius 2 is 2.04 bits per heavy atom. The Morgan fingerprint density at radius 1 is 1.35 bits per heavy atom. The van der Waals surface area contributed by atoms with Gasteiger partial charge >= 0.3 is 6.09 Å². The number of carbonyl (C=O) groups excluding carboxylic acids is 1. The molecule has 1 aliphatic rings. The summed E-state index contributed by atoms with van der Waals surface area (Å²) in [5.41, 5.74) is -0.113. The number of alkyl halides is 2. The van der Waals surface area contributed by atoms with Gasteiger partial charge in [-0.3, -0.25) is 14.7 Å². The minimum Gasteiger partial charge on any atom is -0.444 e. The monoisotopic (exact) mass is 326 g/mol. The molecule has 1 heterocycles. The molecule has 0 spiro atoms. The van der Waals surface area contributed by atoms with Crippen molar-refractivity contribution in [1.29, 1.82) is 0 Å². The van der Waals surface area contributed by atoms with Crippen LogP contribution in [0, 0.1) is 0 Å². The second-order valence-corrected chi connectivity index (χ2v) is 6.51. The number of allylic oxidation sites excluding steroid dienone is 2. The van der Waals surface area contributed by atoms with Crippen molar-refractivity contribution in [3.63, 3.8) is 0 Å². The molecule has 23 heavy (non-hydrogen) atoms. The minimum absolute atomic E-state index is 0.1000. The maximum absolute atomic E-state index is 13.2. The van der Waals surface area contributed by atoms with Gasteiger partial charge in [-0.1, -0.05) is 6.08 Å². The quantitative estimate of drug-likeness (QED) is 0.898. The summed E-state index contributed by atoms with van der Waals surface area (Å²) in [6, 6.07) is 2.72. The van der Waals surface area contributed by atoms with Crippen molar-refractivity contribution in [3.05, 3.63) is 34.8 Å². The van der Waals surface area contributed by atoms with E-state index < -0.39 is 24.0 Å². The van der Waals surface area contributed by atoms with Crippen molar-refractivity contribution >= 4 is 17.5 Å². The average Bonchev–Trinajstić information content (AvgIpc) is 2.39. The SMILES string of the molecule is CC(C)(C)OC(=O)Nc1ccc(=O)n(C2=CCC(F)(F)CC2)c1. The third-order valence-electron chi connectivity index (χ3n) is 3.25. The Kier molecular flexibility index (Phi) is 4.58. The predicted molar refractivity (Wildman–Crippen MR) is 83.6 cm³/mol. The fourth-order valence-electron chi connectivity index (χ4n) is 2.21. The van der Waals surface area contributed by atoms with E-state index in [9.17, 15) is 18.4 Å². The number of halogens is 2. The number of hydrogen-bond donors (Lipinski definition) is 1. The van der Waals surface area contributed by atoms with E-state index in [2.05, 4.69) is 5.32 Å². The molecule has 0 saturated heterocycles. The van der Waals surface area contributed by atoms with Crippen LogP contribution in [0.2, 0.25) is 0 Å². The fraction of sp³-hybridized carbons (Fsp3) is 0.500.